The first-order chi connectivity index (χ1) is 13.5. The Balaban J connectivity index is 1.53. The van der Waals surface area contributed by atoms with E-state index in [9.17, 15) is 14.7 Å². The minimum Gasteiger partial charge on any atom is -0.506 e. The Labute approximate surface area is 169 Å². The van der Waals surface area contributed by atoms with E-state index in [-0.39, 0.29) is 23.5 Å². The van der Waals surface area contributed by atoms with Gasteiger partial charge in [0.1, 0.15) is 5.75 Å². The molecule has 0 bridgehead atoms. The van der Waals surface area contributed by atoms with Crippen molar-refractivity contribution >= 4 is 29.2 Å². The molecule has 0 aliphatic carbocycles. The molecule has 0 saturated carbocycles. The maximum absolute atomic E-state index is 12.5. The number of nitrogens with zero attached hydrogens (tertiary/aromatic N) is 1. The van der Waals surface area contributed by atoms with Crippen LogP contribution in [-0.4, -0.2) is 42.1 Å². The van der Waals surface area contributed by atoms with Crippen molar-refractivity contribution in [1.82, 2.24) is 4.90 Å². The lowest BCUT2D eigenvalue weighted by Crippen LogP contribution is -2.37. The summed E-state index contributed by atoms with van der Waals surface area (Å²) < 4.78 is 4.76. The van der Waals surface area contributed by atoms with Crippen molar-refractivity contribution in [2.45, 2.75) is 19.4 Å². The van der Waals surface area contributed by atoms with Gasteiger partial charge in [0.25, 0.3) is 0 Å². The van der Waals surface area contributed by atoms with Gasteiger partial charge >= 0.3 is 5.97 Å². The van der Waals surface area contributed by atoms with Crippen LogP contribution in [-0.2, 0) is 16.1 Å². The Morgan fingerprint density at radius 3 is 2.68 bits per heavy atom. The summed E-state index contributed by atoms with van der Waals surface area (Å²) in [6, 6.07) is 12.0. The van der Waals surface area contributed by atoms with Gasteiger partial charge in [-0.25, -0.2) is 4.79 Å². The number of rotatable bonds is 5. The van der Waals surface area contributed by atoms with E-state index in [0.717, 1.165) is 31.5 Å². The van der Waals surface area contributed by atoms with E-state index in [1.807, 2.05) is 18.2 Å². The molecule has 2 aromatic rings. The zero-order valence-electron chi connectivity index (χ0n) is 15.7. The van der Waals surface area contributed by atoms with E-state index in [2.05, 4.69) is 10.2 Å². The molecule has 1 heterocycles. The number of anilines is 1. The Morgan fingerprint density at radius 1 is 1.21 bits per heavy atom. The highest BCUT2D eigenvalue weighted by Gasteiger charge is 2.25. The van der Waals surface area contributed by atoms with Gasteiger partial charge in [-0.15, -0.1) is 0 Å². The standard InChI is InChI=1S/C21H23ClN2O4/c1-28-21(27)16-4-2-3-14(11-16)13-24-9-7-15(8-10-24)20(26)23-18-12-17(22)5-6-19(18)25/h2-6,11-12,15,25H,7-10,13H2,1H3,(H,23,26). The summed E-state index contributed by atoms with van der Waals surface area (Å²) in [6.45, 7) is 2.28. The number of phenolic OH excluding ortho intramolecular Hbond substituents is 1. The smallest absolute Gasteiger partial charge is 0.337 e. The number of phenols is 1. The molecule has 1 aliphatic heterocycles. The molecule has 0 unspecified atom stereocenters. The van der Waals surface area contributed by atoms with Crippen LogP contribution < -0.4 is 5.32 Å². The molecule has 0 radical (unpaired) electrons. The average Bonchev–Trinajstić information content (AvgIpc) is 2.71. The number of ether oxygens (including phenoxy) is 1. The van der Waals surface area contributed by atoms with Gasteiger partial charge in [0, 0.05) is 17.5 Å². The molecule has 2 aromatic carbocycles. The lowest BCUT2D eigenvalue weighted by molar-refractivity contribution is -0.121. The lowest BCUT2D eigenvalue weighted by Gasteiger charge is -2.31. The summed E-state index contributed by atoms with van der Waals surface area (Å²) in [7, 11) is 1.37. The Bertz CT molecular complexity index is 863. The Morgan fingerprint density at radius 2 is 1.96 bits per heavy atom. The Hall–Kier alpha value is -2.57. The third-order valence-corrected chi connectivity index (χ3v) is 5.16. The van der Waals surface area contributed by atoms with Gasteiger partial charge in [-0.05, 0) is 61.8 Å². The van der Waals surface area contributed by atoms with Crippen molar-refractivity contribution in [1.29, 1.82) is 0 Å². The molecule has 1 amide bonds. The predicted molar refractivity (Wildman–Crippen MR) is 108 cm³/mol. The summed E-state index contributed by atoms with van der Waals surface area (Å²) in [5, 5.41) is 13.1. The van der Waals surface area contributed by atoms with Crippen LogP contribution in [0.25, 0.3) is 0 Å². The third-order valence-electron chi connectivity index (χ3n) is 4.93. The fourth-order valence-corrected chi connectivity index (χ4v) is 3.54. The minimum absolute atomic E-state index is 0.000624. The first kappa shape index (κ1) is 20.2. The van der Waals surface area contributed by atoms with Gasteiger partial charge in [-0.1, -0.05) is 23.7 Å². The number of methoxy groups -OCH3 is 1. The van der Waals surface area contributed by atoms with Gasteiger partial charge in [0.05, 0.1) is 18.4 Å². The van der Waals surface area contributed by atoms with Crippen LogP contribution in [0.4, 0.5) is 5.69 Å². The molecule has 0 spiro atoms. The second-order valence-corrected chi connectivity index (χ2v) is 7.33. The van der Waals surface area contributed by atoms with Gasteiger partial charge < -0.3 is 15.2 Å². The van der Waals surface area contributed by atoms with E-state index in [4.69, 9.17) is 16.3 Å². The molecule has 6 nitrogen and oxygen atoms in total. The molecule has 1 fully saturated rings. The predicted octanol–water partition coefficient (Wildman–Crippen LogP) is 3.68. The molecule has 148 valence electrons. The summed E-state index contributed by atoms with van der Waals surface area (Å²) >= 11 is 5.92. The van der Waals surface area contributed by atoms with E-state index in [1.165, 1.54) is 19.2 Å². The van der Waals surface area contributed by atoms with Gasteiger partial charge in [-0.3, -0.25) is 9.69 Å². The largest absolute Gasteiger partial charge is 0.506 e. The van der Waals surface area contributed by atoms with Gasteiger partial charge in [0.15, 0.2) is 0 Å². The van der Waals surface area contributed by atoms with E-state index in [0.29, 0.717) is 22.8 Å². The van der Waals surface area contributed by atoms with Crippen molar-refractivity contribution in [2.24, 2.45) is 5.92 Å². The molecular formula is C21H23ClN2O4. The first-order valence-electron chi connectivity index (χ1n) is 9.15. The summed E-state index contributed by atoms with van der Waals surface area (Å²) in [5.74, 6) is -0.567. The Kier molecular flexibility index (Phi) is 6.54. The van der Waals surface area contributed by atoms with Crippen LogP contribution in [0.5, 0.6) is 5.75 Å². The number of hydrogen-bond acceptors (Lipinski definition) is 5. The topological polar surface area (TPSA) is 78.9 Å². The maximum Gasteiger partial charge on any atom is 0.337 e. The number of amides is 1. The summed E-state index contributed by atoms with van der Waals surface area (Å²) in [5.41, 5.74) is 1.91. The van der Waals surface area contributed by atoms with Crippen molar-refractivity contribution in [3.8, 4) is 5.75 Å². The number of halogens is 1. The SMILES string of the molecule is COC(=O)c1cccc(CN2CCC(C(=O)Nc3cc(Cl)ccc3O)CC2)c1. The molecule has 0 aromatic heterocycles. The zero-order chi connectivity index (χ0) is 20.1. The molecule has 28 heavy (non-hydrogen) atoms. The molecular weight excluding hydrogens is 380 g/mol. The fourth-order valence-electron chi connectivity index (χ4n) is 3.37. The normalized spacial score (nSPS) is 15.2. The van der Waals surface area contributed by atoms with Crippen LogP contribution in [0.3, 0.4) is 0 Å². The second kappa shape index (κ2) is 9.08. The maximum atomic E-state index is 12.5. The van der Waals surface area contributed by atoms with Crippen molar-refractivity contribution < 1.29 is 19.4 Å². The number of hydrogen-bond donors (Lipinski definition) is 2. The number of benzene rings is 2. The highest BCUT2D eigenvalue weighted by molar-refractivity contribution is 6.31. The number of aromatic hydroxyl groups is 1. The highest BCUT2D eigenvalue weighted by atomic mass is 35.5. The second-order valence-electron chi connectivity index (χ2n) is 6.89. The van der Waals surface area contributed by atoms with Crippen LogP contribution in [0.15, 0.2) is 42.5 Å². The van der Waals surface area contributed by atoms with Crippen molar-refractivity contribution in [3.05, 3.63) is 58.6 Å². The number of piperidine rings is 1. The number of likely N-dealkylation sites (tertiary alicyclic amines) is 1. The lowest BCUT2D eigenvalue weighted by atomic mass is 9.95. The first-order valence-corrected chi connectivity index (χ1v) is 9.53. The number of esters is 1. The molecule has 2 N–H and O–H groups in total. The minimum atomic E-state index is -0.346. The number of carbonyl (C=O) groups excluding carboxylic acids is 2. The molecule has 1 saturated heterocycles. The fraction of sp³-hybridized carbons (Fsp3) is 0.333. The van der Waals surface area contributed by atoms with Gasteiger partial charge in [-0.2, -0.15) is 0 Å². The average molecular weight is 403 g/mol. The molecule has 0 atom stereocenters. The van der Waals surface area contributed by atoms with Crippen LogP contribution in [0.2, 0.25) is 5.02 Å². The zero-order valence-corrected chi connectivity index (χ0v) is 16.4. The third kappa shape index (κ3) is 5.03. The van der Waals surface area contributed by atoms with Crippen LogP contribution >= 0.6 is 11.6 Å². The monoisotopic (exact) mass is 402 g/mol. The van der Waals surface area contributed by atoms with E-state index >= 15 is 0 Å². The number of nitrogens with one attached hydrogen (secondary N) is 1. The summed E-state index contributed by atoms with van der Waals surface area (Å²) in [4.78, 5) is 26.4. The van der Waals surface area contributed by atoms with Crippen LogP contribution in [0.1, 0.15) is 28.8 Å². The van der Waals surface area contributed by atoms with Crippen LogP contribution in [0, 0.1) is 5.92 Å². The molecule has 1 aliphatic rings. The summed E-state index contributed by atoms with van der Waals surface area (Å²) in [6.07, 6.45) is 1.45. The quantitative estimate of drug-likeness (QED) is 0.589. The molecule has 3 rings (SSSR count). The van der Waals surface area contributed by atoms with Crippen molar-refractivity contribution in [2.75, 3.05) is 25.5 Å². The van der Waals surface area contributed by atoms with E-state index < -0.39 is 0 Å². The van der Waals surface area contributed by atoms with Gasteiger partial charge in [0.2, 0.25) is 5.91 Å². The molecule has 7 heteroatoms. The highest BCUT2D eigenvalue weighted by Crippen LogP contribution is 2.28. The van der Waals surface area contributed by atoms with Crippen molar-refractivity contribution in [3.63, 3.8) is 0 Å². The number of carbonyl (C=O) groups is 2. The van der Waals surface area contributed by atoms with E-state index in [1.54, 1.807) is 12.1 Å².